The van der Waals surface area contributed by atoms with Crippen molar-refractivity contribution >= 4 is 43.1 Å². The third-order valence-corrected chi connectivity index (χ3v) is 11.3. The largest absolute Gasteiger partial charge is 0.256 e. The Morgan fingerprint density at radius 2 is 0.776 bits per heavy atom. The molecule has 0 amide bonds. The normalized spacial score (nSPS) is 11.4. The summed E-state index contributed by atoms with van der Waals surface area (Å²) in [5.41, 5.74) is 11.5. The van der Waals surface area contributed by atoms with Crippen molar-refractivity contribution in [2.75, 3.05) is 0 Å². The van der Waals surface area contributed by atoms with Crippen LogP contribution in [0, 0.1) is 0 Å². The van der Waals surface area contributed by atoms with E-state index in [1.54, 1.807) is 0 Å². The van der Waals surface area contributed by atoms with Gasteiger partial charge < -0.3 is 0 Å². The average Bonchev–Trinajstić information content (AvgIpc) is 3.31. The fraction of sp³-hybridized carbons (Fsp3) is 0. The number of hydrogen-bond acceptors (Lipinski definition) is 3. The molecule has 11 rings (SSSR count). The van der Waals surface area contributed by atoms with Crippen molar-refractivity contribution in [3.05, 3.63) is 212 Å². The Balaban J connectivity index is 1.10. The van der Waals surface area contributed by atoms with Crippen molar-refractivity contribution in [1.82, 2.24) is 15.0 Å². The molecule has 11 aromatic rings. The van der Waals surface area contributed by atoms with Crippen LogP contribution in [0.4, 0.5) is 0 Å². The highest BCUT2D eigenvalue weighted by Gasteiger charge is 2.17. The Morgan fingerprint density at radius 1 is 0.259 bits per heavy atom. The number of hydrogen-bond donors (Lipinski definition) is 0. The van der Waals surface area contributed by atoms with Gasteiger partial charge >= 0.3 is 0 Å². The van der Waals surface area contributed by atoms with E-state index in [9.17, 15) is 0 Å². The molecule has 0 N–H and O–H groups in total. The van der Waals surface area contributed by atoms with E-state index in [0.29, 0.717) is 5.82 Å². The molecule has 0 unspecified atom stereocenters. The van der Waals surface area contributed by atoms with E-state index in [1.165, 1.54) is 59.8 Å². The monoisotopic (exact) mass is 737 g/mol. The zero-order valence-corrected chi connectivity index (χ0v) is 31.5. The Morgan fingerprint density at radius 3 is 1.52 bits per heavy atom. The molecule has 0 bridgehead atoms. The topological polar surface area (TPSA) is 38.7 Å². The summed E-state index contributed by atoms with van der Waals surface area (Å²) >= 11 is 0. The molecule has 58 heavy (non-hydrogen) atoms. The Bertz CT molecular complexity index is 3330. The van der Waals surface area contributed by atoms with E-state index < -0.39 is 0 Å². The van der Waals surface area contributed by atoms with Crippen LogP contribution >= 0.6 is 0 Å². The Hall–Kier alpha value is -7.75. The van der Waals surface area contributed by atoms with E-state index in [0.717, 1.165) is 44.9 Å². The minimum atomic E-state index is 0.678. The Labute approximate surface area is 336 Å². The van der Waals surface area contributed by atoms with Gasteiger partial charge in [0, 0.05) is 28.5 Å². The zero-order valence-electron chi connectivity index (χ0n) is 31.5. The molecule has 0 radical (unpaired) electrons. The first-order chi connectivity index (χ1) is 28.7. The molecule has 0 aliphatic rings. The maximum Gasteiger partial charge on any atom is 0.160 e. The molecule has 0 aliphatic heterocycles. The fourth-order valence-corrected chi connectivity index (χ4v) is 8.55. The quantitative estimate of drug-likeness (QED) is 0.160. The predicted molar refractivity (Wildman–Crippen MR) is 242 cm³/mol. The lowest BCUT2D eigenvalue weighted by atomic mass is 9.86. The summed E-state index contributed by atoms with van der Waals surface area (Å²) in [5.74, 6) is 0.678. The minimum Gasteiger partial charge on any atom is -0.256 e. The second-order valence-electron chi connectivity index (χ2n) is 14.8. The van der Waals surface area contributed by atoms with E-state index in [-0.39, 0.29) is 0 Å². The average molecular weight is 738 g/mol. The van der Waals surface area contributed by atoms with Crippen molar-refractivity contribution < 1.29 is 0 Å². The van der Waals surface area contributed by atoms with Gasteiger partial charge in [0.25, 0.3) is 0 Å². The van der Waals surface area contributed by atoms with Gasteiger partial charge in [0.2, 0.25) is 0 Å². The van der Waals surface area contributed by atoms with Crippen molar-refractivity contribution in [1.29, 1.82) is 0 Å². The summed E-state index contributed by atoms with van der Waals surface area (Å²) in [7, 11) is 0. The first kappa shape index (κ1) is 33.6. The van der Waals surface area contributed by atoms with E-state index in [4.69, 9.17) is 9.97 Å². The highest BCUT2D eigenvalue weighted by Crippen LogP contribution is 2.43. The molecule has 0 spiro atoms. The van der Waals surface area contributed by atoms with Gasteiger partial charge in [-0.1, -0.05) is 164 Å². The molecule has 0 saturated carbocycles. The van der Waals surface area contributed by atoms with Crippen LogP contribution in [0.5, 0.6) is 0 Å². The molecule has 0 atom stereocenters. The lowest BCUT2D eigenvalue weighted by Crippen LogP contribution is -1.96. The van der Waals surface area contributed by atoms with Crippen molar-refractivity contribution in [3.8, 4) is 67.4 Å². The van der Waals surface area contributed by atoms with Gasteiger partial charge in [-0.25, -0.2) is 9.97 Å². The minimum absolute atomic E-state index is 0.678. The molecule has 0 saturated heterocycles. The molecular formula is C55H35N3. The van der Waals surface area contributed by atoms with Gasteiger partial charge in [0.1, 0.15) is 0 Å². The fourth-order valence-electron chi connectivity index (χ4n) is 8.55. The van der Waals surface area contributed by atoms with Gasteiger partial charge in [0.15, 0.2) is 5.82 Å². The summed E-state index contributed by atoms with van der Waals surface area (Å²) < 4.78 is 0. The summed E-state index contributed by atoms with van der Waals surface area (Å²) in [4.78, 5) is 15.1. The van der Waals surface area contributed by atoms with Gasteiger partial charge in [-0.15, -0.1) is 0 Å². The van der Waals surface area contributed by atoms with Crippen LogP contribution in [-0.4, -0.2) is 15.0 Å². The number of nitrogens with zero attached hydrogens (tertiary/aromatic N) is 3. The SMILES string of the molecule is c1ccc(-c2cc(-c3cccc(-c4ccccn4)c3)nc(-c3cccc(-c4cc5c6ccccc6c(-c6cccc7ccccc67)cc5c5ccccc45)c3)n2)cc1. The van der Waals surface area contributed by atoms with Crippen molar-refractivity contribution in [3.63, 3.8) is 0 Å². The molecule has 2 heterocycles. The van der Waals surface area contributed by atoms with Crippen LogP contribution in [0.1, 0.15) is 0 Å². The molecule has 0 aliphatic carbocycles. The molecular weight excluding hydrogens is 703 g/mol. The van der Waals surface area contributed by atoms with Gasteiger partial charge in [-0.2, -0.15) is 0 Å². The summed E-state index contributed by atoms with van der Waals surface area (Å²) in [6.45, 7) is 0. The summed E-state index contributed by atoms with van der Waals surface area (Å²) in [5, 5.41) is 9.89. The van der Waals surface area contributed by atoms with Gasteiger partial charge in [-0.3, -0.25) is 4.98 Å². The first-order valence-electron chi connectivity index (χ1n) is 19.7. The molecule has 9 aromatic carbocycles. The van der Waals surface area contributed by atoms with Gasteiger partial charge in [-0.05, 0) is 108 Å². The van der Waals surface area contributed by atoms with E-state index >= 15 is 0 Å². The van der Waals surface area contributed by atoms with Crippen LogP contribution < -0.4 is 0 Å². The summed E-state index contributed by atoms with van der Waals surface area (Å²) in [6, 6.07) is 73.4. The van der Waals surface area contributed by atoms with E-state index in [2.05, 4.69) is 187 Å². The molecule has 3 heteroatoms. The maximum absolute atomic E-state index is 5.25. The second kappa shape index (κ2) is 14.1. The highest BCUT2D eigenvalue weighted by molar-refractivity contribution is 6.24. The second-order valence-corrected chi connectivity index (χ2v) is 14.8. The molecule has 2 aromatic heterocycles. The number of fused-ring (bicyclic) bond motifs is 6. The van der Waals surface area contributed by atoms with E-state index in [1.807, 2.05) is 30.5 Å². The number of rotatable bonds is 6. The maximum atomic E-state index is 5.25. The number of benzene rings is 9. The third-order valence-electron chi connectivity index (χ3n) is 11.3. The third kappa shape index (κ3) is 5.89. The smallest absolute Gasteiger partial charge is 0.160 e. The Kier molecular flexibility index (Phi) is 8.15. The summed E-state index contributed by atoms with van der Waals surface area (Å²) in [6.07, 6.45) is 1.83. The lowest BCUT2D eigenvalue weighted by molar-refractivity contribution is 1.18. The first-order valence-corrected chi connectivity index (χ1v) is 19.7. The number of aromatic nitrogens is 3. The zero-order chi connectivity index (χ0) is 38.4. The van der Waals surface area contributed by atoms with Crippen LogP contribution in [0.25, 0.3) is 111 Å². The molecule has 270 valence electrons. The van der Waals surface area contributed by atoms with Crippen LogP contribution in [0.3, 0.4) is 0 Å². The highest BCUT2D eigenvalue weighted by atomic mass is 14.9. The van der Waals surface area contributed by atoms with Gasteiger partial charge in [0.05, 0.1) is 17.1 Å². The molecule has 0 fully saturated rings. The standard InChI is InChI=1S/C55H35N3/c1-2-16-37(17-3-1)53-35-54(40-21-13-20-39(32-40)52-29-10-11-30-56-52)58-55(57-53)41-22-12-19-38(31-41)48-33-50-47-27-9-8-26-46(47)49(34-51(50)45-25-7-6-24-44(45)48)43-28-14-18-36-15-4-5-23-42(36)43/h1-35H. The molecule has 3 nitrogen and oxygen atoms in total. The van der Waals surface area contributed by atoms with Crippen LogP contribution in [-0.2, 0) is 0 Å². The van der Waals surface area contributed by atoms with Crippen molar-refractivity contribution in [2.24, 2.45) is 0 Å². The predicted octanol–water partition coefficient (Wildman–Crippen LogP) is 14.5. The van der Waals surface area contributed by atoms with Crippen molar-refractivity contribution in [2.45, 2.75) is 0 Å². The van der Waals surface area contributed by atoms with Crippen LogP contribution in [0.15, 0.2) is 212 Å². The lowest BCUT2D eigenvalue weighted by Gasteiger charge is -2.17. The number of pyridine rings is 1. The van der Waals surface area contributed by atoms with Crippen LogP contribution in [0.2, 0.25) is 0 Å².